The molecule has 1 atom stereocenters. The van der Waals surface area contributed by atoms with E-state index >= 15 is 0 Å². The predicted octanol–water partition coefficient (Wildman–Crippen LogP) is 6.51. The van der Waals surface area contributed by atoms with Crippen molar-refractivity contribution in [2.24, 2.45) is 0 Å². The highest BCUT2D eigenvalue weighted by molar-refractivity contribution is 9.09. The number of halogens is 4. The second kappa shape index (κ2) is 6.03. The van der Waals surface area contributed by atoms with Crippen molar-refractivity contribution in [2.75, 3.05) is 0 Å². The molecule has 5 heteroatoms. The summed E-state index contributed by atoms with van der Waals surface area (Å²) in [5, 5.41) is 1.41. The van der Waals surface area contributed by atoms with Crippen LogP contribution in [0.15, 0.2) is 42.5 Å². The summed E-state index contributed by atoms with van der Waals surface area (Å²) in [6, 6.07) is 11.4. The van der Waals surface area contributed by atoms with Crippen molar-refractivity contribution in [3.63, 3.8) is 0 Å². The van der Waals surface area contributed by atoms with Crippen LogP contribution >= 0.6 is 38.9 Å². The second-order valence-electron chi connectivity index (χ2n) is 4.70. The van der Waals surface area contributed by atoms with Gasteiger partial charge in [-0.05, 0) is 42.1 Å². The van der Waals surface area contributed by atoms with Crippen molar-refractivity contribution in [1.82, 2.24) is 0 Å². The minimum Gasteiger partial charge on any atom is -0.207 e. The zero-order valence-corrected chi connectivity index (χ0v) is 13.9. The Morgan fingerprint density at radius 1 is 1.14 bits per heavy atom. The molecule has 3 rings (SSSR count). The Hall–Kier alpha value is -0.970. The fourth-order valence-electron chi connectivity index (χ4n) is 2.19. The van der Waals surface area contributed by atoms with Crippen molar-refractivity contribution in [3.8, 4) is 0 Å². The summed E-state index contributed by atoms with van der Waals surface area (Å²) in [6.07, 6.45) is 0.445. The third kappa shape index (κ3) is 3.12. The molecule has 0 amide bonds. The monoisotopic (exact) mass is 386 g/mol. The van der Waals surface area contributed by atoms with Crippen LogP contribution in [0.25, 0.3) is 10.1 Å². The highest BCUT2D eigenvalue weighted by Crippen LogP contribution is 2.37. The van der Waals surface area contributed by atoms with Crippen LogP contribution in [0, 0.1) is 11.6 Å². The van der Waals surface area contributed by atoms with Gasteiger partial charge in [0.2, 0.25) is 0 Å². The van der Waals surface area contributed by atoms with Crippen LogP contribution in [0.4, 0.5) is 8.78 Å². The summed E-state index contributed by atoms with van der Waals surface area (Å²) in [4.78, 5) is 0.960. The summed E-state index contributed by atoms with van der Waals surface area (Å²) >= 11 is 11.1. The zero-order valence-electron chi connectivity index (χ0n) is 10.7. The molecule has 21 heavy (non-hydrogen) atoms. The molecule has 108 valence electrons. The van der Waals surface area contributed by atoms with Crippen LogP contribution in [0.3, 0.4) is 0 Å². The highest BCUT2D eigenvalue weighted by atomic mass is 79.9. The molecule has 0 saturated heterocycles. The molecule has 0 nitrogen and oxygen atoms in total. The molecule has 0 bridgehead atoms. The van der Waals surface area contributed by atoms with Crippen molar-refractivity contribution in [1.29, 1.82) is 0 Å². The fourth-order valence-corrected chi connectivity index (χ4v) is 4.23. The van der Waals surface area contributed by atoms with E-state index in [4.69, 9.17) is 11.6 Å². The molecule has 1 heterocycles. The number of alkyl halides is 1. The van der Waals surface area contributed by atoms with E-state index in [1.54, 1.807) is 18.2 Å². The zero-order chi connectivity index (χ0) is 15.0. The van der Waals surface area contributed by atoms with Crippen LogP contribution in [0.1, 0.15) is 15.3 Å². The standard InChI is InChI=1S/C16H10BrClF2S/c17-12(8-11-13(18)2-1-3-14(11)20)16-6-9-4-5-10(19)7-15(9)21-16/h1-7,12H,8H2. The average molecular weight is 388 g/mol. The van der Waals surface area contributed by atoms with Crippen molar-refractivity contribution in [3.05, 3.63) is 69.6 Å². The fraction of sp³-hybridized carbons (Fsp3) is 0.125. The average Bonchev–Trinajstić information content (AvgIpc) is 2.86. The van der Waals surface area contributed by atoms with Crippen LogP contribution < -0.4 is 0 Å². The molecular formula is C16H10BrClF2S. The van der Waals surface area contributed by atoms with E-state index in [0.717, 1.165) is 15.0 Å². The van der Waals surface area contributed by atoms with Gasteiger partial charge in [0.1, 0.15) is 11.6 Å². The van der Waals surface area contributed by atoms with Crippen LogP contribution in [0.2, 0.25) is 5.02 Å². The maximum Gasteiger partial charge on any atom is 0.127 e. The predicted molar refractivity (Wildman–Crippen MR) is 88.6 cm³/mol. The Morgan fingerprint density at radius 2 is 1.95 bits per heavy atom. The largest absolute Gasteiger partial charge is 0.207 e. The topological polar surface area (TPSA) is 0 Å². The Bertz CT molecular complexity index is 780. The van der Waals surface area contributed by atoms with Gasteiger partial charge < -0.3 is 0 Å². The second-order valence-corrected chi connectivity index (χ2v) is 7.33. The molecule has 0 N–H and O–H groups in total. The van der Waals surface area contributed by atoms with E-state index < -0.39 is 0 Å². The number of hydrogen-bond acceptors (Lipinski definition) is 1. The molecule has 1 aromatic heterocycles. The first-order valence-corrected chi connectivity index (χ1v) is 8.41. The Labute approximate surface area is 138 Å². The van der Waals surface area contributed by atoms with Crippen molar-refractivity contribution in [2.45, 2.75) is 11.2 Å². The third-order valence-electron chi connectivity index (χ3n) is 3.25. The maximum atomic E-state index is 13.8. The molecule has 0 fully saturated rings. The van der Waals surface area contributed by atoms with Gasteiger partial charge in [0, 0.05) is 20.2 Å². The van der Waals surface area contributed by atoms with Crippen LogP contribution in [0.5, 0.6) is 0 Å². The van der Waals surface area contributed by atoms with E-state index in [-0.39, 0.29) is 16.5 Å². The van der Waals surface area contributed by atoms with E-state index in [2.05, 4.69) is 15.9 Å². The van der Waals surface area contributed by atoms with E-state index in [1.807, 2.05) is 6.07 Å². The lowest BCUT2D eigenvalue weighted by atomic mass is 10.1. The molecule has 0 aliphatic rings. The molecule has 0 spiro atoms. The van der Waals surface area contributed by atoms with E-state index in [1.165, 1.54) is 29.5 Å². The van der Waals surface area contributed by atoms with Crippen LogP contribution in [-0.4, -0.2) is 0 Å². The first-order chi connectivity index (χ1) is 10.0. The first kappa shape index (κ1) is 14.9. The number of hydrogen-bond donors (Lipinski definition) is 0. The third-order valence-corrected chi connectivity index (χ3v) is 5.94. The quantitative estimate of drug-likeness (QED) is 0.449. The normalized spacial score (nSPS) is 12.8. The number of benzene rings is 2. The molecular weight excluding hydrogens is 378 g/mol. The Balaban J connectivity index is 1.91. The molecule has 0 saturated carbocycles. The minimum absolute atomic E-state index is 0.0626. The van der Waals surface area contributed by atoms with Gasteiger partial charge in [-0.1, -0.05) is 39.7 Å². The molecule has 0 radical (unpaired) electrons. The number of thiophene rings is 1. The SMILES string of the molecule is Fc1ccc2cc(C(Br)Cc3c(F)cccc3Cl)sc2c1. The molecule has 0 aliphatic heterocycles. The van der Waals surface area contributed by atoms with Crippen LogP contribution in [-0.2, 0) is 6.42 Å². The summed E-state index contributed by atoms with van der Waals surface area (Å²) in [5.74, 6) is -0.557. The number of fused-ring (bicyclic) bond motifs is 1. The first-order valence-electron chi connectivity index (χ1n) is 6.30. The Morgan fingerprint density at radius 3 is 2.71 bits per heavy atom. The van der Waals surface area contributed by atoms with Gasteiger partial charge in [-0.2, -0.15) is 0 Å². The van der Waals surface area contributed by atoms with Gasteiger partial charge in [0.05, 0.1) is 4.83 Å². The van der Waals surface area contributed by atoms with Gasteiger partial charge in [-0.3, -0.25) is 0 Å². The van der Waals surface area contributed by atoms with Gasteiger partial charge in [0.15, 0.2) is 0 Å². The molecule has 2 aromatic carbocycles. The molecule has 0 aliphatic carbocycles. The van der Waals surface area contributed by atoms with Crippen molar-refractivity contribution < 1.29 is 8.78 Å². The summed E-state index contributed by atoms with van der Waals surface area (Å²) in [5.41, 5.74) is 0.490. The maximum absolute atomic E-state index is 13.8. The Kier molecular flexibility index (Phi) is 4.29. The lowest BCUT2D eigenvalue weighted by Gasteiger charge is -2.10. The minimum atomic E-state index is -0.306. The lowest BCUT2D eigenvalue weighted by molar-refractivity contribution is 0.609. The molecule has 3 aromatic rings. The summed E-state index contributed by atoms with van der Waals surface area (Å²) in [6.45, 7) is 0. The smallest absolute Gasteiger partial charge is 0.127 e. The van der Waals surface area contributed by atoms with E-state index in [9.17, 15) is 8.78 Å². The van der Waals surface area contributed by atoms with Crippen molar-refractivity contribution >= 4 is 49.0 Å². The lowest BCUT2D eigenvalue weighted by Crippen LogP contribution is -1.97. The summed E-state index contributed by atoms with van der Waals surface area (Å²) < 4.78 is 27.9. The van der Waals surface area contributed by atoms with Gasteiger partial charge in [0.25, 0.3) is 0 Å². The van der Waals surface area contributed by atoms with Gasteiger partial charge in [-0.25, -0.2) is 8.78 Å². The van der Waals surface area contributed by atoms with Gasteiger partial charge in [-0.15, -0.1) is 11.3 Å². The number of rotatable bonds is 3. The van der Waals surface area contributed by atoms with E-state index in [0.29, 0.717) is 17.0 Å². The van der Waals surface area contributed by atoms with Gasteiger partial charge >= 0.3 is 0 Å². The molecule has 1 unspecified atom stereocenters. The highest BCUT2D eigenvalue weighted by Gasteiger charge is 2.16. The summed E-state index contributed by atoms with van der Waals surface area (Å²) in [7, 11) is 0.